The highest BCUT2D eigenvalue weighted by Gasteiger charge is 2.32. The number of rotatable bonds is 8. The van der Waals surface area contributed by atoms with Gasteiger partial charge in [-0.25, -0.2) is 9.67 Å². The van der Waals surface area contributed by atoms with Crippen molar-refractivity contribution in [2.45, 2.75) is 36.6 Å². The Morgan fingerprint density at radius 3 is 2.60 bits per heavy atom. The lowest BCUT2D eigenvalue weighted by Gasteiger charge is -2.14. The summed E-state index contributed by atoms with van der Waals surface area (Å²) in [5, 5.41) is 15.8. The van der Waals surface area contributed by atoms with E-state index in [1.54, 1.807) is 0 Å². The van der Waals surface area contributed by atoms with E-state index in [1.807, 2.05) is 34.9 Å². The molecule has 1 amide bonds. The average Bonchev–Trinajstić information content (AvgIpc) is 3.37. The van der Waals surface area contributed by atoms with E-state index in [1.165, 1.54) is 35.2 Å². The molecule has 2 aromatic carbocycles. The molecule has 1 N–H and O–H groups in total. The van der Waals surface area contributed by atoms with Gasteiger partial charge in [0.25, 0.3) is 0 Å². The van der Waals surface area contributed by atoms with Crippen LogP contribution in [0.15, 0.2) is 66.3 Å². The summed E-state index contributed by atoms with van der Waals surface area (Å²) in [5.74, 6) is 0.732. The molecule has 0 unspecified atom stereocenters. The van der Waals surface area contributed by atoms with Gasteiger partial charge in [-0.2, -0.15) is 18.3 Å². The van der Waals surface area contributed by atoms with Crippen LogP contribution in [0.5, 0.6) is 0 Å². The molecule has 1 aliphatic carbocycles. The van der Waals surface area contributed by atoms with E-state index in [2.05, 4.69) is 25.6 Å². The molecule has 5 rings (SSSR count). The number of amides is 1. The van der Waals surface area contributed by atoms with Crippen LogP contribution in [0.2, 0.25) is 0 Å². The van der Waals surface area contributed by atoms with Crippen LogP contribution in [0, 0.1) is 0 Å². The molecule has 12 heteroatoms. The molecule has 0 spiro atoms. The molecule has 180 valence electrons. The minimum absolute atomic E-state index is 0.0136. The van der Waals surface area contributed by atoms with Gasteiger partial charge >= 0.3 is 6.18 Å². The van der Waals surface area contributed by atoms with E-state index in [0.717, 1.165) is 36.4 Å². The molecule has 0 aliphatic heterocycles. The van der Waals surface area contributed by atoms with Crippen LogP contribution in [0.25, 0.3) is 5.69 Å². The highest BCUT2D eigenvalue weighted by Crippen LogP contribution is 2.40. The Morgan fingerprint density at radius 1 is 1.11 bits per heavy atom. The van der Waals surface area contributed by atoms with E-state index in [-0.39, 0.29) is 17.1 Å². The number of hydrogen-bond donors (Lipinski definition) is 1. The first-order chi connectivity index (χ1) is 16.9. The number of hydrogen-bond acceptors (Lipinski definition) is 6. The SMILES string of the molecule is O=C(CSc1nnc(C2CC2)n1Cc1ccccc1)Nc1cc(C(F)(F)F)ccc1-n1cncn1. The molecule has 1 aliphatic rings. The van der Waals surface area contributed by atoms with Crippen molar-refractivity contribution in [3.05, 3.63) is 78.1 Å². The summed E-state index contributed by atoms with van der Waals surface area (Å²) in [7, 11) is 0. The summed E-state index contributed by atoms with van der Waals surface area (Å²) in [6, 6.07) is 13.0. The maximum atomic E-state index is 13.3. The van der Waals surface area contributed by atoms with E-state index in [0.29, 0.717) is 17.6 Å². The third kappa shape index (κ3) is 5.37. The van der Waals surface area contributed by atoms with Crippen LogP contribution in [-0.4, -0.2) is 41.2 Å². The van der Waals surface area contributed by atoms with Crippen LogP contribution in [-0.2, 0) is 17.5 Å². The van der Waals surface area contributed by atoms with Crippen molar-refractivity contribution < 1.29 is 18.0 Å². The number of carbonyl (C=O) groups excluding carboxylic acids is 1. The monoisotopic (exact) mass is 499 g/mol. The smallest absolute Gasteiger partial charge is 0.323 e. The van der Waals surface area contributed by atoms with Crippen LogP contribution < -0.4 is 5.32 Å². The third-order valence-electron chi connectivity index (χ3n) is 5.47. The first-order valence-corrected chi connectivity index (χ1v) is 11.8. The van der Waals surface area contributed by atoms with Crippen molar-refractivity contribution >= 4 is 23.4 Å². The Morgan fingerprint density at radius 2 is 1.91 bits per heavy atom. The number of alkyl halides is 3. The Balaban J connectivity index is 1.34. The van der Waals surface area contributed by atoms with E-state index >= 15 is 0 Å². The van der Waals surface area contributed by atoms with Crippen molar-refractivity contribution in [2.75, 3.05) is 11.1 Å². The first-order valence-electron chi connectivity index (χ1n) is 10.8. The molecule has 2 heterocycles. The first kappa shape index (κ1) is 23.1. The van der Waals surface area contributed by atoms with Crippen molar-refractivity contribution in [2.24, 2.45) is 0 Å². The molecular weight excluding hydrogens is 479 g/mol. The second-order valence-corrected chi connectivity index (χ2v) is 9.04. The Labute approximate surface area is 202 Å². The van der Waals surface area contributed by atoms with Crippen LogP contribution in [0.1, 0.15) is 35.7 Å². The number of aromatic nitrogens is 6. The Bertz CT molecular complexity index is 1320. The lowest BCUT2D eigenvalue weighted by atomic mass is 10.1. The molecule has 8 nitrogen and oxygen atoms in total. The van der Waals surface area contributed by atoms with Crippen molar-refractivity contribution in [1.82, 2.24) is 29.5 Å². The number of nitrogens with zero attached hydrogens (tertiary/aromatic N) is 6. The zero-order valence-electron chi connectivity index (χ0n) is 18.3. The normalized spacial score (nSPS) is 13.7. The van der Waals surface area contributed by atoms with Crippen molar-refractivity contribution in [3.8, 4) is 5.69 Å². The van der Waals surface area contributed by atoms with Gasteiger partial charge in [0, 0.05) is 5.92 Å². The maximum absolute atomic E-state index is 13.3. The minimum atomic E-state index is -4.55. The van der Waals surface area contributed by atoms with E-state index < -0.39 is 17.6 Å². The fraction of sp³-hybridized carbons (Fsp3) is 0.261. The summed E-state index contributed by atoms with van der Waals surface area (Å²) < 4.78 is 43.1. The van der Waals surface area contributed by atoms with Gasteiger partial charge in [-0.05, 0) is 36.6 Å². The molecule has 2 aromatic heterocycles. The maximum Gasteiger partial charge on any atom is 0.416 e. The number of thioether (sulfide) groups is 1. The topological polar surface area (TPSA) is 90.5 Å². The van der Waals surface area contributed by atoms with Gasteiger partial charge in [0.15, 0.2) is 5.16 Å². The number of benzene rings is 2. The molecule has 0 saturated heterocycles. The Kier molecular flexibility index (Phi) is 6.29. The fourth-order valence-electron chi connectivity index (χ4n) is 3.63. The minimum Gasteiger partial charge on any atom is -0.323 e. The second kappa shape index (κ2) is 9.53. The number of halogens is 3. The van der Waals surface area contributed by atoms with Gasteiger partial charge in [0.05, 0.1) is 29.2 Å². The lowest BCUT2D eigenvalue weighted by molar-refractivity contribution is -0.137. The second-order valence-electron chi connectivity index (χ2n) is 8.09. The molecule has 1 saturated carbocycles. The Hall–Kier alpha value is -3.67. The van der Waals surface area contributed by atoms with Gasteiger partial charge in [0.2, 0.25) is 5.91 Å². The van der Waals surface area contributed by atoms with Gasteiger partial charge in [-0.15, -0.1) is 10.2 Å². The number of anilines is 1. The summed E-state index contributed by atoms with van der Waals surface area (Å²) in [6.45, 7) is 0.577. The van der Waals surface area contributed by atoms with Gasteiger partial charge in [0.1, 0.15) is 18.5 Å². The standard InChI is InChI=1S/C23H20F3N7OS/c24-23(25,26)17-8-9-19(33-14-27-13-28-33)18(10-17)29-20(34)12-35-22-31-30-21(16-6-7-16)32(22)11-15-4-2-1-3-5-15/h1-5,8-10,13-14,16H,6-7,11-12H2,(H,29,34). The van der Waals surface area contributed by atoms with Crippen molar-refractivity contribution in [1.29, 1.82) is 0 Å². The molecule has 35 heavy (non-hydrogen) atoms. The zero-order chi connectivity index (χ0) is 24.4. The molecule has 1 fully saturated rings. The van der Waals surface area contributed by atoms with Crippen LogP contribution in [0.3, 0.4) is 0 Å². The molecule has 0 atom stereocenters. The molecule has 4 aromatic rings. The molecule has 0 bridgehead atoms. The number of nitrogens with one attached hydrogen (secondary N) is 1. The number of carbonyl (C=O) groups is 1. The average molecular weight is 500 g/mol. The van der Waals surface area contributed by atoms with Gasteiger partial charge in [-0.3, -0.25) is 4.79 Å². The summed E-state index contributed by atoms with van der Waals surface area (Å²) in [5.41, 5.74) is 0.473. The predicted octanol–water partition coefficient (Wildman–Crippen LogP) is 4.53. The van der Waals surface area contributed by atoms with Crippen molar-refractivity contribution in [3.63, 3.8) is 0 Å². The summed E-state index contributed by atoms with van der Waals surface area (Å²) in [4.78, 5) is 16.6. The zero-order valence-corrected chi connectivity index (χ0v) is 19.1. The van der Waals surface area contributed by atoms with Gasteiger partial charge < -0.3 is 9.88 Å². The van der Waals surface area contributed by atoms with Crippen LogP contribution >= 0.6 is 11.8 Å². The third-order valence-corrected chi connectivity index (χ3v) is 6.43. The van der Waals surface area contributed by atoms with Gasteiger partial charge in [-0.1, -0.05) is 42.1 Å². The van der Waals surface area contributed by atoms with E-state index in [9.17, 15) is 18.0 Å². The highest BCUT2D eigenvalue weighted by atomic mass is 32.2. The summed E-state index contributed by atoms with van der Waals surface area (Å²) >= 11 is 1.19. The lowest BCUT2D eigenvalue weighted by Crippen LogP contribution is -2.18. The predicted molar refractivity (Wildman–Crippen MR) is 123 cm³/mol. The quantitative estimate of drug-likeness (QED) is 0.358. The largest absolute Gasteiger partial charge is 0.416 e. The molecular formula is C23H20F3N7OS. The summed E-state index contributed by atoms with van der Waals surface area (Å²) in [6.07, 6.45) is 0.161. The molecule has 0 radical (unpaired) electrons. The highest BCUT2D eigenvalue weighted by molar-refractivity contribution is 7.99. The van der Waals surface area contributed by atoms with Crippen LogP contribution in [0.4, 0.5) is 18.9 Å². The van der Waals surface area contributed by atoms with E-state index in [4.69, 9.17) is 0 Å². The fourth-order valence-corrected chi connectivity index (χ4v) is 4.37.